The summed E-state index contributed by atoms with van der Waals surface area (Å²) in [6.07, 6.45) is 3.53. The molecule has 0 atom stereocenters. The number of anilines is 1. The molecule has 3 N–H and O–H groups in total. The maximum absolute atomic E-state index is 5.68. The van der Waals surface area contributed by atoms with Gasteiger partial charge in [0.25, 0.3) is 0 Å². The number of nitrogens with two attached hydrogens (primary N) is 1. The van der Waals surface area contributed by atoms with Crippen molar-refractivity contribution >= 4 is 17.0 Å². The molecule has 0 unspecified atom stereocenters. The maximum Gasteiger partial charge on any atom is 0.224 e. The fraction of sp³-hybridized carbons (Fsp3) is 0.273. The monoisotopic (exact) mass is 243 g/mol. The second-order valence-electron chi connectivity index (χ2n) is 4.38. The molecule has 3 aromatic rings. The van der Waals surface area contributed by atoms with E-state index in [1.807, 2.05) is 12.3 Å². The number of aromatic nitrogens is 6. The summed E-state index contributed by atoms with van der Waals surface area (Å²) in [6, 6.07) is 1.97. The molecule has 0 fully saturated rings. The number of rotatable bonds is 2. The van der Waals surface area contributed by atoms with Crippen LogP contribution in [0.1, 0.15) is 25.5 Å². The average Bonchev–Trinajstić information content (AvgIpc) is 2.95. The number of nitrogens with one attached hydrogen (secondary N) is 1. The minimum atomic E-state index is 0.198. The zero-order chi connectivity index (χ0) is 12.7. The van der Waals surface area contributed by atoms with E-state index >= 15 is 0 Å². The molecule has 3 rings (SSSR count). The summed E-state index contributed by atoms with van der Waals surface area (Å²) in [6.45, 7) is 4.18. The van der Waals surface area contributed by atoms with Gasteiger partial charge in [0.1, 0.15) is 0 Å². The first-order valence-corrected chi connectivity index (χ1v) is 5.67. The largest absolute Gasteiger partial charge is 0.368 e. The first-order valence-electron chi connectivity index (χ1n) is 5.67. The van der Waals surface area contributed by atoms with Crippen molar-refractivity contribution in [2.75, 3.05) is 5.73 Å². The van der Waals surface area contributed by atoms with Crippen molar-refractivity contribution < 1.29 is 0 Å². The molecule has 7 heteroatoms. The number of hydrogen-bond acceptors (Lipinski definition) is 5. The van der Waals surface area contributed by atoms with Crippen LogP contribution in [0.4, 0.5) is 5.95 Å². The smallest absolute Gasteiger partial charge is 0.224 e. The average molecular weight is 243 g/mol. The van der Waals surface area contributed by atoms with Gasteiger partial charge >= 0.3 is 0 Å². The molecule has 3 aromatic heterocycles. The third-order valence-corrected chi connectivity index (χ3v) is 2.73. The van der Waals surface area contributed by atoms with Gasteiger partial charge in [-0.15, -0.1) is 0 Å². The lowest BCUT2D eigenvalue weighted by molar-refractivity contribution is 0.760. The van der Waals surface area contributed by atoms with Crippen LogP contribution >= 0.6 is 0 Å². The van der Waals surface area contributed by atoms with Crippen LogP contribution in [0.2, 0.25) is 0 Å². The molecule has 0 aliphatic carbocycles. The summed E-state index contributed by atoms with van der Waals surface area (Å²) in [7, 11) is 0. The number of fused-ring (bicyclic) bond motifs is 1. The molecule has 0 aliphatic heterocycles. The van der Waals surface area contributed by atoms with Gasteiger partial charge in [0, 0.05) is 6.20 Å². The van der Waals surface area contributed by atoms with Crippen LogP contribution in [0.15, 0.2) is 18.5 Å². The highest BCUT2D eigenvalue weighted by atomic mass is 15.3. The Morgan fingerprint density at radius 1 is 1.33 bits per heavy atom. The van der Waals surface area contributed by atoms with Crippen molar-refractivity contribution in [1.82, 2.24) is 29.9 Å². The zero-order valence-electron chi connectivity index (χ0n) is 10.1. The summed E-state index contributed by atoms with van der Waals surface area (Å²) < 4.78 is 1.70. The topological polar surface area (TPSA) is 98.3 Å². The minimum Gasteiger partial charge on any atom is -0.368 e. The molecule has 92 valence electrons. The Labute approximate surface area is 103 Å². The van der Waals surface area contributed by atoms with Crippen LogP contribution in [0.5, 0.6) is 0 Å². The molecule has 0 amide bonds. The van der Waals surface area contributed by atoms with Gasteiger partial charge in [-0.1, -0.05) is 13.8 Å². The van der Waals surface area contributed by atoms with Gasteiger partial charge in [-0.05, 0) is 12.0 Å². The fourth-order valence-corrected chi connectivity index (χ4v) is 1.78. The summed E-state index contributed by atoms with van der Waals surface area (Å²) in [5.74, 6) is 1.20. The minimum absolute atomic E-state index is 0.198. The molecular weight excluding hydrogens is 230 g/mol. The highest BCUT2D eigenvalue weighted by molar-refractivity contribution is 5.82. The number of nitrogens with zero attached hydrogens (tertiary/aromatic N) is 5. The molecule has 7 nitrogen and oxygen atoms in total. The summed E-state index contributed by atoms with van der Waals surface area (Å²) in [5, 5.41) is 12.0. The van der Waals surface area contributed by atoms with Gasteiger partial charge in [0.2, 0.25) is 5.95 Å². The molecule has 0 spiro atoms. The Bertz CT molecular complexity index is 694. The molecule has 0 bridgehead atoms. The van der Waals surface area contributed by atoms with E-state index in [0.717, 1.165) is 11.1 Å². The number of nitrogen functional groups attached to an aromatic ring is 1. The molecule has 0 radical (unpaired) electrons. The molecule has 0 saturated heterocycles. The normalized spacial score (nSPS) is 11.5. The van der Waals surface area contributed by atoms with Crippen LogP contribution in [-0.4, -0.2) is 29.9 Å². The van der Waals surface area contributed by atoms with Crippen LogP contribution < -0.4 is 5.73 Å². The first-order chi connectivity index (χ1) is 8.65. The molecular formula is C11H13N7. The van der Waals surface area contributed by atoms with Crippen LogP contribution in [0.3, 0.4) is 0 Å². The lowest BCUT2D eigenvalue weighted by atomic mass is 10.1. The number of hydrogen-bond donors (Lipinski definition) is 2. The maximum atomic E-state index is 5.68. The molecule has 3 heterocycles. The van der Waals surface area contributed by atoms with E-state index in [1.54, 1.807) is 10.9 Å². The third kappa shape index (κ3) is 1.60. The fourth-order valence-electron chi connectivity index (χ4n) is 1.78. The highest BCUT2D eigenvalue weighted by Gasteiger charge is 2.12. The summed E-state index contributed by atoms with van der Waals surface area (Å²) in [4.78, 5) is 8.29. The molecule has 0 aliphatic rings. The van der Waals surface area contributed by atoms with Gasteiger partial charge in [0.05, 0.1) is 17.3 Å². The Kier molecular flexibility index (Phi) is 2.26. The molecule has 0 saturated carbocycles. The SMILES string of the molecule is CC(C)c1ccn(-c2nc(N)nc3[nH]ncc23)n1. The van der Waals surface area contributed by atoms with E-state index < -0.39 is 0 Å². The van der Waals surface area contributed by atoms with Crippen molar-refractivity contribution in [3.63, 3.8) is 0 Å². The van der Waals surface area contributed by atoms with Crippen LogP contribution in [0.25, 0.3) is 16.9 Å². The van der Waals surface area contributed by atoms with Crippen molar-refractivity contribution in [1.29, 1.82) is 0 Å². The van der Waals surface area contributed by atoms with Crippen molar-refractivity contribution in [2.24, 2.45) is 0 Å². The Balaban J connectivity index is 2.20. The van der Waals surface area contributed by atoms with Crippen LogP contribution in [-0.2, 0) is 0 Å². The second-order valence-corrected chi connectivity index (χ2v) is 4.38. The lowest BCUT2D eigenvalue weighted by Crippen LogP contribution is -2.04. The van der Waals surface area contributed by atoms with Gasteiger partial charge in [-0.2, -0.15) is 20.2 Å². The van der Waals surface area contributed by atoms with E-state index in [1.165, 1.54) is 0 Å². The summed E-state index contributed by atoms with van der Waals surface area (Å²) >= 11 is 0. The van der Waals surface area contributed by atoms with E-state index in [-0.39, 0.29) is 5.95 Å². The first kappa shape index (κ1) is 10.7. The third-order valence-electron chi connectivity index (χ3n) is 2.73. The van der Waals surface area contributed by atoms with E-state index in [0.29, 0.717) is 17.4 Å². The van der Waals surface area contributed by atoms with E-state index in [9.17, 15) is 0 Å². The second kappa shape index (κ2) is 3.80. The van der Waals surface area contributed by atoms with Gasteiger partial charge in [-0.25, -0.2) is 4.68 Å². The molecule has 18 heavy (non-hydrogen) atoms. The van der Waals surface area contributed by atoms with Crippen molar-refractivity contribution in [2.45, 2.75) is 19.8 Å². The van der Waals surface area contributed by atoms with Crippen molar-refractivity contribution in [3.05, 3.63) is 24.2 Å². The predicted octanol–water partition coefficient (Wildman–Crippen LogP) is 1.24. The predicted molar refractivity (Wildman–Crippen MR) is 67.3 cm³/mol. The zero-order valence-corrected chi connectivity index (χ0v) is 10.1. The Morgan fingerprint density at radius 2 is 2.17 bits per heavy atom. The number of H-pyrrole nitrogens is 1. The van der Waals surface area contributed by atoms with Gasteiger partial charge < -0.3 is 5.73 Å². The van der Waals surface area contributed by atoms with Crippen LogP contribution in [0, 0.1) is 0 Å². The standard InChI is InChI=1S/C11H13N7/c1-6(2)8-3-4-18(17-8)10-7-5-13-16-9(7)14-11(12)15-10/h3-6H,1-2H3,(H3,12,13,14,15,16). The van der Waals surface area contributed by atoms with E-state index in [2.05, 4.69) is 39.1 Å². The van der Waals surface area contributed by atoms with E-state index in [4.69, 9.17) is 5.73 Å². The number of aromatic amines is 1. The quantitative estimate of drug-likeness (QED) is 0.705. The van der Waals surface area contributed by atoms with Crippen molar-refractivity contribution in [3.8, 4) is 5.82 Å². The summed E-state index contributed by atoms with van der Waals surface area (Å²) in [5.41, 5.74) is 7.29. The van der Waals surface area contributed by atoms with Gasteiger partial charge in [-0.3, -0.25) is 5.10 Å². The van der Waals surface area contributed by atoms with Gasteiger partial charge in [0.15, 0.2) is 11.5 Å². The Morgan fingerprint density at radius 3 is 2.89 bits per heavy atom. The Hall–Kier alpha value is -2.44. The lowest BCUT2D eigenvalue weighted by Gasteiger charge is -2.03. The highest BCUT2D eigenvalue weighted by Crippen LogP contribution is 2.19. The molecule has 0 aromatic carbocycles.